The zero-order valence-electron chi connectivity index (χ0n) is 20.2. The molecule has 37 heavy (non-hydrogen) atoms. The van der Waals surface area contributed by atoms with Gasteiger partial charge in [0.15, 0.2) is 15.8 Å². The predicted octanol–water partition coefficient (Wildman–Crippen LogP) is 5.12. The summed E-state index contributed by atoms with van der Waals surface area (Å²) in [4.78, 5) is 26.6. The molecule has 0 saturated carbocycles. The van der Waals surface area contributed by atoms with Crippen molar-refractivity contribution < 1.29 is 23.7 Å². The number of thiazole rings is 1. The molecule has 0 saturated heterocycles. The van der Waals surface area contributed by atoms with Crippen LogP contribution < -0.4 is 14.8 Å². The Hall–Kier alpha value is -2.96. The van der Waals surface area contributed by atoms with Gasteiger partial charge >= 0.3 is 0 Å². The van der Waals surface area contributed by atoms with Crippen molar-refractivity contribution in [1.82, 2.24) is 15.0 Å². The number of benzene rings is 2. The van der Waals surface area contributed by atoms with Crippen LogP contribution in [0.15, 0.2) is 58.3 Å². The standard InChI is InChI=1S/C25H25ClN4O5S2/c1-32-6-8-34-21-12-19-20(13-22(21)35-9-7-33-2)28-15-29-24(19)37-25-27-14-18(36-25)11-23(31)30-17-5-3-4-16(26)10-17/h3-5,10,12-15H,6-9,11H2,1-2H3,(H,30,31). The molecule has 2 heterocycles. The number of anilines is 1. The normalized spacial score (nSPS) is 11.0. The van der Waals surface area contributed by atoms with Crippen LogP contribution in [0.25, 0.3) is 10.9 Å². The minimum atomic E-state index is -0.145. The summed E-state index contributed by atoms with van der Waals surface area (Å²) in [6, 6.07) is 10.7. The molecule has 4 aromatic rings. The third kappa shape index (κ3) is 7.76. The first-order chi connectivity index (χ1) is 18.1. The highest BCUT2D eigenvalue weighted by atomic mass is 35.5. The highest BCUT2D eigenvalue weighted by Gasteiger charge is 2.15. The molecule has 0 unspecified atom stereocenters. The number of ether oxygens (including phenoxy) is 4. The summed E-state index contributed by atoms with van der Waals surface area (Å²) in [6.07, 6.45) is 3.41. The Kier molecular flexibility index (Phi) is 9.92. The molecule has 2 aromatic heterocycles. The number of hydrogen-bond donors (Lipinski definition) is 1. The fourth-order valence-corrected chi connectivity index (χ4v) is 5.45. The number of halogens is 1. The van der Waals surface area contributed by atoms with Crippen molar-refractivity contribution in [2.45, 2.75) is 15.8 Å². The Balaban J connectivity index is 1.50. The third-order valence-electron chi connectivity index (χ3n) is 4.91. The Morgan fingerprint density at radius 3 is 2.49 bits per heavy atom. The van der Waals surface area contributed by atoms with E-state index in [9.17, 15) is 4.79 Å². The van der Waals surface area contributed by atoms with Crippen LogP contribution in [-0.4, -0.2) is 61.5 Å². The highest BCUT2D eigenvalue weighted by molar-refractivity contribution is 8.01. The number of fused-ring (bicyclic) bond motifs is 1. The van der Waals surface area contributed by atoms with E-state index in [-0.39, 0.29) is 12.3 Å². The quantitative estimate of drug-likeness (QED) is 0.176. The van der Waals surface area contributed by atoms with Crippen molar-refractivity contribution in [2.24, 2.45) is 0 Å². The predicted molar refractivity (Wildman–Crippen MR) is 144 cm³/mol. The number of nitrogens with one attached hydrogen (secondary N) is 1. The highest BCUT2D eigenvalue weighted by Crippen LogP contribution is 2.38. The lowest BCUT2D eigenvalue weighted by Crippen LogP contribution is -2.13. The van der Waals surface area contributed by atoms with Crippen molar-refractivity contribution in [2.75, 3.05) is 46.0 Å². The first kappa shape index (κ1) is 27.1. The van der Waals surface area contributed by atoms with Gasteiger partial charge in [0.2, 0.25) is 5.91 Å². The van der Waals surface area contributed by atoms with E-state index in [4.69, 9.17) is 30.5 Å². The van der Waals surface area contributed by atoms with Crippen LogP contribution >= 0.6 is 34.7 Å². The van der Waals surface area contributed by atoms with E-state index in [0.717, 1.165) is 14.6 Å². The van der Waals surface area contributed by atoms with Crippen molar-refractivity contribution in [3.8, 4) is 11.5 Å². The van der Waals surface area contributed by atoms with Gasteiger partial charge in [-0.2, -0.15) is 0 Å². The smallest absolute Gasteiger partial charge is 0.229 e. The van der Waals surface area contributed by atoms with E-state index in [1.165, 1.54) is 29.4 Å². The zero-order chi connectivity index (χ0) is 26.0. The molecule has 0 bridgehead atoms. The molecule has 12 heteroatoms. The van der Waals surface area contributed by atoms with E-state index in [1.807, 2.05) is 12.1 Å². The molecule has 0 aliphatic rings. The van der Waals surface area contributed by atoms with E-state index < -0.39 is 0 Å². The summed E-state index contributed by atoms with van der Waals surface area (Å²) >= 11 is 8.83. The van der Waals surface area contributed by atoms with Gasteiger partial charge in [-0.25, -0.2) is 15.0 Å². The molecule has 0 fully saturated rings. The van der Waals surface area contributed by atoms with Crippen molar-refractivity contribution in [1.29, 1.82) is 0 Å². The summed E-state index contributed by atoms with van der Waals surface area (Å²) < 4.78 is 22.7. The molecule has 0 radical (unpaired) electrons. The van der Waals surface area contributed by atoms with Gasteiger partial charge in [0, 0.05) is 47.5 Å². The number of nitrogens with zero attached hydrogens (tertiary/aromatic N) is 3. The largest absolute Gasteiger partial charge is 0.487 e. The van der Waals surface area contributed by atoms with E-state index in [1.54, 1.807) is 44.7 Å². The molecule has 0 atom stereocenters. The maximum atomic E-state index is 12.5. The Bertz CT molecular complexity index is 1350. The lowest BCUT2D eigenvalue weighted by atomic mass is 10.2. The molecule has 2 aromatic carbocycles. The van der Waals surface area contributed by atoms with Gasteiger partial charge in [-0.3, -0.25) is 4.79 Å². The van der Waals surface area contributed by atoms with E-state index in [2.05, 4.69) is 20.3 Å². The molecule has 194 valence electrons. The van der Waals surface area contributed by atoms with Crippen LogP contribution in [0, 0.1) is 0 Å². The maximum absolute atomic E-state index is 12.5. The SMILES string of the molecule is COCCOc1cc2ncnc(Sc3ncc(CC(=O)Nc4cccc(Cl)c4)s3)c2cc1OCCOC. The minimum Gasteiger partial charge on any atom is -0.487 e. The minimum absolute atomic E-state index is 0.145. The Morgan fingerprint density at radius 1 is 1.00 bits per heavy atom. The van der Waals surface area contributed by atoms with Crippen LogP contribution in [0.5, 0.6) is 11.5 Å². The first-order valence-corrected chi connectivity index (χ1v) is 13.3. The number of methoxy groups -OCH3 is 2. The van der Waals surface area contributed by atoms with E-state index in [0.29, 0.717) is 59.2 Å². The second-order valence-corrected chi connectivity index (χ2v) is 10.4. The molecule has 4 rings (SSSR count). The molecule has 0 spiro atoms. The lowest BCUT2D eigenvalue weighted by molar-refractivity contribution is -0.115. The average Bonchev–Trinajstić information content (AvgIpc) is 3.31. The number of carbonyl (C=O) groups excluding carboxylic acids is 1. The monoisotopic (exact) mass is 560 g/mol. The van der Waals surface area contributed by atoms with Crippen LogP contribution in [0.4, 0.5) is 5.69 Å². The van der Waals surface area contributed by atoms with Gasteiger partial charge in [-0.05, 0) is 36.0 Å². The Morgan fingerprint density at radius 2 is 1.76 bits per heavy atom. The number of amides is 1. The molecule has 0 aliphatic carbocycles. The topological polar surface area (TPSA) is 105 Å². The Labute approximate surface area is 227 Å². The van der Waals surface area contributed by atoms with Crippen LogP contribution in [0.3, 0.4) is 0 Å². The molecular weight excluding hydrogens is 536 g/mol. The molecule has 1 N–H and O–H groups in total. The van der Waals surface area contributed by atoms with Gasteiger partial charge in [0.05, 0.1) is 25.2 Å². The molecule has 1 amide bonds. The van der Waals surface area contributed by atoms with Crippen LogP contribution in [-0.2, 0) is 20.7 Å². The van der Waals surface area contributed by atoms with Crippen molar-refractivity contribution in [3.05, 3.63) is 58.8 Å². The summed E-state index contributed by atoms with van der Waals surface area (Å²) in [6.45, 7) is 1.63. The van der Waals surface area contributed by atoms with Gasteiger partial charge in [-0.15, -0.1) is 11.3 Å². The molecule has 9 nitrogen and oxygen atoms in total. The number of hydrogen-bond acceptors (Lipinski definition) is 10. The summed E-state index contributed by atoms with van der Waals surface area (Å²) in [5, 5.41) is 4.93. The fourth-order valence-electron chi connectivity index (χ4n) is 3.25. The van der Waals surface area contributed by atoms with Crippen molar-refractivity contribution >= 4 is 57.2 Å². The number of carbonyl (C=O) groups is 1. The first-order valence-electron chi connectivity index (χ1n) is 11.3. The summed E-state index contributed by atoms with van der Waals surface area (Å²) in [7, 11) is 3.23. The fraction of sp³-hybridized carbons (Fsp3) is 0.280. The number of aromatic nitrogens is 3. The summed E-state index contributed by atoms with van der Waals surface area (Å²) in [5.74, 6) is 0.987. The molecule has 0 aliphatic heterocycles. The zero-order valence-corrected chi connectivity index (χ0v) is 22.6. The second kappa shape index (κ2) is 13.5. The van der Waals surface area contributed by atoms with Crippen molar-refractivity contribution in [3.63, 3.8) is 0 Å². The lowest BCUT2D eigenvalue weighted by Gasteiger charge is -2.14. The van der Waals surface area contributed by atoms with Gasteiger partial charge < -0.3 is 24.3 Å². The van der Waals surface area contributed by atoms with Crippen LogP contribution in [0.1, 0.15) is 4.88 Å². The number of rotatable bonds is 13. The second-order valence-electron chi connectivity index (χ2n) is 7.61. The maximum Gasteiger partial charge on any atom is 0.229 e. The van der Waals surface area contributed by atoms with Gasteiger partial charge in [0.25, 0.3) is 0 Å². The molecular formula is C25H25ClN4O5S2. The third-order valence-corrected chi connectivity index (χ3v) is 7.24. The van der Waals surface area contributed by atoms with Gasteiger partial charge in [0.1, 0.15) is 24.6 Å². The summed E-state index contributed by atoms with van der Waals surface area (Å²) in [5.41, 5.74) is 1.36. The van der Waals surface area contributed by atoms with Crippen LogP contribution in [0.2, 0.25) is 5.02 Å². The van der Waals surface area contributed by atoms with E-state index >= 15 is 0 Å². The average molecular weight is 561 g/mol. The van der Waals surface area contributed by atoms with Gasteiger partial charge in [-0.1, -0.05) is 17.7 Å².